The van der Waals surface area contributed by atoms with Crippen molar-refractivity contribution in [1.82, 2.24) is 5.32 Å². The van der Waals surface area contributed by atoms with Crippen LogP contribution in [0.2, 0.25) is 5.02 Å². The quantitative estimate of drug-likeness (QED) is 0.843. The van der Waals surface area contributed by atoms with E-state index in [9.17, 15) is 13.2 Å². The minimum absolute atomic E-state index is 0.169. The summed E-state index contributed by atoms with van der Waals surface area (Å²) < 4.78 is 37.8. The van der Waals surface area contributed by atoms with Crippen molar-refractivity contribution in [3.8, 4) is 0 Å². The molecule has 0 bridgehead atoms. The Kier molecular flexibility index (Phi) is 4.10. The second kappa shape index (κ2) is 4.86. The van der Waals surface area contributed by atoms with Gasteiger partial charge in [0.2, 0.25) is 0 Å². The molecule has 1 aromatic rings. The van der Waals surface area contributed by atoms with Gasteiger partial charge in [-0.3, -0.25) is 0 Å². The Morgan fingerprint density at radius 1 is 1.18 bits per heavy atom. The molecule has 1 nitrogen and oxygen atoms in total. The number of halogens is 4. The van der Waals surface area contributed by atoms with E-state index >= 15 is 0 Å². The summed E-state index contributed by atoms with van der Waals surface area (Å²) in [5.41, 5.74) is -0.499. The Morgan fingerprint density at radius 3 is 2.24 bits per heavy atom. The Labute approximate surface area is 104 Å². The van der Waals surface area contributed by atoms with Crippen LogP contribution in [0.1, 0.15) is 31.9 Å². The van der Waals surface area contributed by atoms with Gasteiger partial charge < -0.3 is 5.32 Å². The molecule has 1 rings (SSSR count). The zero-order valence-corrected chi connectivity index (χ0v) is 10.7. The fourth-order valence-corrected chi connectivity index (χ4v) is 1.60. The Hall–Kier alpha value is -0.740. The first kappa shape index (κ1) is 14.3. The molecule has 5 heteroatoms. The van der Waals surface area contributed by atoms with E-state index in [1.165, 1.54) is 6.07 Å². The van der Waals surface area contributed by atoms with Crippen LogP contribution in [0, 0.1) is 0 Å². The maximum absolute atomic E-state index is 12.6. The van der Waals surface area contributed by atoms with Crippen LogP contribution in [-0.4, -0.2) is 5.54 Å². The molecule has 0 aromatic heterocycles. The third kappa shape index (κ3) is 4.21. The van der Waals surface area contributed by atoms with Crippen molar-refractivity contribution in [3.63, 3.8) is 0 Å². The molecular formula is C12H15ClF3N. The Morgan fingerprint density at radius 2 is 1.76 bits per heavy atom. The average Bonchev–Trinajstić information content (AvgIpc) is 2.13. The lowest BCUT2D eigenvalue weighted by molar-refractivity contribution is -0.137. The first-order valence-corrected chi connectivity index (χ1v) is 5.59. The molecule has 17 heavy (non-hydrogen) atoms. The normalized spacial score (nSPS) is 12.9. The van der Waals surface area contributed by atoms with Gasteiger partial charge in [-0.15, -0.1) is 0 Å². The van der Waals surface area contributed by atoms with Crippen LogP contribution in [0.4, 0.5) is 13.2 Å². The molecule has 0 spiro atoms. The summed E-state index contributed by atoms with van der Waals surface area (Å²) in [6.45, 7) is 6.13. The van der Waals surface area contributed by atoms with Crippen LogP contribution in [0.25, 0.3) is 0 Å². The van der Waals surface area contributed by atoms with Gasteiger partial charge in [0.1, 0.15) is 0 Å². The van der Waals surface area contributed by atoms with Gasteiger partial charge in [0, 0.05) is 12.1 Å². The van der Waals surface area contributed by atoms with Gasteiger partial charge in [-0.05, 0) is 32.4 Å². The van der Waals surface area contributed by atoms with Crippen molar-refractivity contribution in [3.05, 3.63) is 34.3 Å². The van der Waals surface area contributed by atoms with Crippen molar-refractivity contribution in [2.75, 3.05) is 0 Å². The molecule has 0 aliphatic heterocycles. The second-order valence-electron chi connectivity index (χ2n) is 4.88. The fraction of sp³-hybridized carbons (Fsp3) is 0.500. The maximum Gasteiger partial charge on any atom is 0.417 e. The van der Waals surface area contributed by atoms with E-state index in [1.54, 1.807) is 6.07 Å². The number of rotatable bonds is 2. The highest BCUT2D eigenvalue weighted by atomic mass is 35.5. The van der Waals surface area contributed by atoms with Crippen molar-refractivity contribution >= 4 is 11.6 Å². The predicted octanol–water partition coefficient (Wildman–Crippen LogP) is 4.25. The number of alkyl halides is 3. The summed E-state index contributed by atoms with van der Waals surface area (Å²) in [6, 6.07) is 3.95. The summed E-state index contributed by atoms with van der Waals surface area (Å²) in [6.07, 6.45) is -4.41. The fourth-order valence-electron chi connectivity index (χ4n) is 1.30. The van der Waals surface area contributed by atoms with Crippen LogP contribution in [0.5, 0.6) is 0 Å². The summed E-state index contributed by atoms with van der Waals surface area (Å²) in [7, 11) is 0. The monoisotopic (exact) mass is 265 g/mol. The van der Waals surface area contributed by atoms with E-state index < -0.39 is 11.7 Å². The van der Waals surface area contributed by atoms with E-state index in [4.69, 9.17) is 11.6 Å². The van der Waals surface area contributed by atoms with Crippen LogP contribution < -0.4 is 5.32 Å². The van der Waals surface area contributed by atoms with E-state index in [0.29, 0.717) is 12.1 Å². The Balaban J connectivity index is 2.96. The highest BCUT2D eigenvalue weighted by molar-refractivity contribution is 6.32. The molecule has 0 aliphatic carbocycles. The summed E-state index contributed by atoms with van der Waals surface area (Å²) in [5, 5.41) is 2.88. The minimum atomic E-state index is -4.41. The van der Waals surface area contributed by atoms with Gasteiger partial charge in [0.15, 0.2) is 0 Å². The van der Waals surface area contributed by atoms with Crippen molar-refractivity contribution < 1.29 is 13.2 Å². The topological polar surface area (TPSA) is 12.0 Å². The van der Waals surface area contributed by atoms with Gasteiger partial charge in [-0.25, -0.2) is 0 Å². The molecule has 96 valence electrons. The van der Waals surface area contributed by atoms with Gasteiger partial charge in [0.25, 0.3) is 0 Å². The van der Waals surface area contributed by atoms with Crippen molar-refractivity contribution in [1.29, 1.82) is 0 Å². The predicted molar refractivity (Wildman–Crippen MR) is 63.0 cm³/mol. The molecule has 0 amide bonds. The highest BCUT2D eigenvalue weighted by Gasteiger charge is 2.33. The highest BCUT2D eigenvalue weighted by Crippen LogP contribution is 2.36. The lowest BCUT2D eigenvalue weighted by Crippen LogP contribution is -2.35. The van der Waals surface area contributed by atoms with E-state index in [0.717, 1.165) is 6.07 Å². The summed E-state index contributed by atoms with van der Waals surface area (Å²) in [5.74, 6) is 0. The maximum atomic E-state index is 12.6. The lowest BCUT2D eigenvalue weighted by atomic mass is 10.1. The molecule has 0 fully saturated rings. The van der Waals surface area contributed by atoms with Gasteiger partial charge in [-0.1, -0.05) is 23.7 Å². The van der Waals surface area contributed by atoms with E-state index in [-0.39, 0.29) is 10.6 Å². The molecule has 1 aromatic carbocycles. The molecule has 1 N–H and O–H groups in total. The van der Waals surface area contributed by atoms with Crippen molar-refractivity contribution in [2.45, 2.75) is 39.0 Å². The third-order valence-corrected chi connectivity index (χ3v) is 2.64. The van der Waals surface area contributed by atoms with Crippen LogP contribution >= 0.6 is 11.6 Å². The first-order chi connectivity index (χ1) is 7.61. The van der Waals surface area contributed by atoms with E-state index in [1.807, 2.05) is 20.8 Å². The second-order valence-corrected chi connectivity index (χ2v) is 5.26. The number of hydrogen-bond acceptors (Lipinski definition) is 1. The minimum Gasteiger partial charge on any atom is -0.308 e. The number of nitrogens with one attached hydrogen (secondary N) is 1. The van der Waals surface area contributed by atoms with Crippen molar-refractivity contribution in [2.24, 2.45) is 0 Å². The number of benzene rings is 1. The first-order valence-electron chi connectivity index (χ1n) is 5.21. The molecule has 0 heterocycles. The average molecular weight is 266 g/mol. The lowest BCUT2D eigenvalue weighted by Gasteiger charge is -2.21. The number of hydrogen-bond donors (Lipinski definition) is 1. The molecule has 0 saturated heterocycles. The molecular weight excluding hydrogens is 251 g/mol. The zero-order chi connectivity index (χ0) is 13.3. The molecule has 0 aliphatic rings. The van der Waals surface area contributed by atoms with Gasteiger partial charge in [0.05, 0.1) is 10.6 Å². The zero-order valence-electron chi connectivity index (χ0n) is 9.95. The van der Waals surface area contributed by atoms with Gasteiger partial charge in [-0.2, -0.15) is 13.2 Å². The molecule has 0 radical (unpaired) electrons. The Bertz CT molecular complexity index is 394. The molecule has 0 unspecified atom stereocenters. The van der Waals surface area contributed by atoms with Crippen LogP contribution in [-0.2, 0) is 12.7 Å². The SMILES string of the molecule is CC(C)(C)NCc1cccc(C(F)(F)F)c1Cl. The largest absolute Gasteiger partial charge is 0.417 e. The summed E-state index contributed by atoms with van der Waals surface area (Å²) in [4.78, 5) is 0. The molecule has 0 saturated carbocycles. The van der Waals surface area contributed by atoms with Crippen LogP contribution in [0.15, 0.2) is 18.2 Å². The standard InChI is InChI=1S/C12H15ClF3N/c1-11(2,3)17-7-8-5-4-6-9(10(8)13)12(14,15)16/h4-6,17H,7H2,1-3H3. The molecule has 0 atom stereocenters. The van der Waals surface area contributed by atoms with E-state index in [2.05, 4.69) is 5.32 Å². The smallest absolute Gasteiger partial charge is 0.308 e. The van der Waals surface area contributed by atoms with Gasteiger partial charge >= 0.3 is 6.18 Å². The summed E-state index contributed by atoms with van der Waals surface area (Å²) >= 11 is 5.76. The third-order valence-electron chi connectivity index (χ3n) is 2.19. The van der Waals surface area contributed by atoms with Crippen LogP contribution in [0.3, 0.4) is 0 Å².